The van der Waals surface area contributed by atoms with Crippen molar-refractivity contribution >= 4 is 32.9 Å². The minimum atomic E-state index is -4.12. The molecule has 1 aliphatic heterocycles. The van der Waals surface area contributed by atoms with E-state index in [1.165, 1.54) is 17.2 Å². The van der Waals surface area contributed by atoms with E-state index < -0.39 is 52.8 Å². The molecule has 0 radical (unpaired) electrons. The number of carbonyl (C=O) groups excluding carboxylic acids is 1. The van der Waals surface area contributed by atoms with Crippen molar-refractivity contribution in [1.29, 1.82) is 0 Å². The fourth-order valence-corrected chi connectivity index (χ4v) is 3.85. The highest BCUT2D eigenvalue weighted by atomic mass is 32.2. The van der Waals surface area contributed by atoms with Gasteiger partial charge in [-0.05, 0) is 0 Å². The number of carbonyl (C=O) groups is 1. The van der Waals surface area contributed by atoms with E-state index in [-0.39, 0.29) is 17.0 Å². The molecule has 13 nitrogen and oxygen atoms in total. The summed E-state index contributed by atoms with van der Waals surface area (Å²) in [5, 5.41) is 20.4. The van der Waals surface area contributed by atoms with Gasteiger partial charge in [0.1, 0.15) is 30.2 Å². The van der Waals surface area contributed by atoms with E-state index in [2.05, 4.69) is 15.0 Å². The Morgan fingerprint density at radius 3 is 2.73 bits per heavy atom. The van der Waals surface area contributed by atoms with Crippen molar-refractivity contribution in [3.05, 3.63) is 12.7 Å². The van der Waals surface area contributed by atoms with Gasteiger partial charge in [-0.3, -0.25) is 14.1 Å². The number of aliphatic hydroxyl groups is 2. The number of anilines is 1. The number of nitrogens with two attached hydrogens (primary N) is 2. The molecule has 142 valence electrons. The highest BCUT2D eigenvalue weighted by molar-refractivity contribution is 7.90. The predicted molar refractivity (Wildman–Crippen MR) is 86.6 cm³/mol. The number of amides is 1. The van der Waals surface area contributed by atoms with Crippen LogP contribution in [-0.4, -0.2) is 74.7 Å². The number of fused-ring (bicyclic) bond motifs is 1. The SMILES string of the molecule is NCC(=O)NS(=O)(=O)C[C@H]1O[C@@H](n2cnc3c(N)ncnc32)[C@H](O)[C@@H]1O. The second-order valence-corrected chi connectivity index (χ2v) is 7.41. The summed E-state index contributed by atoms with van der Waals surface area (Å²) in [6, 6.07) is 0. The van der Waals surface area contributed by atoms with Crippen LogP contribution in [0.5, 0.6) is 0 Å². The first-order valence-electron chi connectivity index (χ1n) is 7.41. The number of hydrogen-bond acceptors (Lipinski definition) is 11. The number of aromatic nitrogens is 4. The first kappa shape index (κ1) is 18.4. The molecule has 14 heteroatoms. The number of nitrogens with one attached hydrogen (secondary N) is 1. The number of sulfonamides is 1. The summed E-state index contributed by atoms with van der Waals surface area (Å²) in [6.07, 6.45) is -2.97. The Bertz CT molecular complexity index is 931. The molecule has 7 N–H and O–H groups in total. The Morgan fingerprint density at radius 2 is 2.04 bits per heavy atom. The summed E-state index contributed by atoms with van der Waals surface area (Å²) < 4.78 is 32.4. The molecular weight excluding hydrogens is 370 g/mol. The first-order chi connectivity index (χ1) is 12.2. The largest absolute Gasteiger partial charge is 0.387 e. The Labute approximate surface area is 147 Å². The number of nitrogens with zero attached hydrogens (tertiary/aromatic N) is 4. The van der Waals surface area contributed by atoms with Crippen molar-refractivity contribution in [3.8, 4) is 0 Å². The number of ether oxygens (including phenoxy) is 1. The van der Waals surface area contributed by atoms with Gasteiger partial charge in [0.25, 0.3) is 0 Å². The van der Waals surface area contributed by atoms with Gasteiger partial charge in [-0.1, -0.05) is 0 Å². The lowest BCUT2D eigenvalue weighted by atomic mass is 10.1. The number of nitrogen functional groups attached to an aromatic ring is 1. The van der Waals surface area contributed by atoms with E-state index in [0.717, 1.165) is 0 Å². The molecule has 0 unspecified atom stereocenters. The first-order valence-corrected chi connectivity index (χ1v) is 9.06. The number of hydrogen-bond donors (Lipinski definition) is 5. The van der Waals surface area contributed by atoms with Crippen LogP contribution in [0, 0.1) is 0 Å². The third-order valence-electron chi connectivity index (χ3n) is 3.84. The van der Waals surface area contributed by atoms with Crippen LogP contribution in [0.2, 0.25) is 0 Å². The van der Waals surface area contributed by atoms with Gasteiger partial charge in [0.05, 0.1) is 18.6 Å². The van der Waals surface area contributed by atoms with E-state index in [1.807, 2.05) is 0 Å². The molecule has 0 aromatic carbocycles. The Hall–Kier alpha value is -2.39. The standard InChI is InChI=1S/C12H17N7O6S/c13-1-6(20)18-26(23,24)2-5-8(21)9(22)12(25-5)19-4-17-7-10(14)15-3-16-11(7)19/h3-5,8-9,12,21-22H,1-2,13H2,(H,18,20)(H2,14,15,16)/t5-,8-,9-,12-/m1/s1. The van der Waals surface area contributed by atoms with E-state index in [0.29, 0.717) is 0 Å². The van der Waals surface area contributed by atoms with Gasteiger partial charge in [0.2, 0.25) is 15.9 Å². The van der Waals surface area contributed by atoms with Crippen molar-refractivity contribution in [2.75, 3.05) is 18.0 Å². The molecule has 1 amide bonds. The zero-order valence-corrected chi connectivity index (χ0v) is 14.1. The van der Waals surface area contributed by atoms with Gasteiger partial charge in [-0.25, -0.2) is 23.4 Å². The summed E-state index contributed by atoms with van der Waals surface area (Å²) in [6.45, 7) is -0.513. The molecule has 1 fully saturated rings. The quantitative estimate of drug-likeness (QED) is 0.339. The van der Waals surface area contributed by atoms with Crippen molar-refractivity contribution in [3.63, 3.8) is 0 Å². The monoisotopic (exact) mass is 387 g/mol. The maximum absolute atomic E-state index is 11.9. The van der Waals surface area contributed by atoms with Crippen molar-refractivity contribution in [1.82, 2.24) is 24.2 Å². The fraction of sp³-hybridized carbons (Fsp3) is 0.500. The Morgan fingerprint density at radius 1 is 1.31 bits per heavy atom. The molecule has 0 bridgehead atoms. The molecule has 1 aliphatic rings. The van der Waals surface area contributed by atoms with Gasteiger partial charge in [-0.15, -0.1) is 0 Å². The van der Waals surface area contributed by atoms with E-state index >= 15 is 0 Å². The molecule has 3 rings (SSSR count). The summed E-state index contributed by atoms with van der Waals surface area (Å²) in [7, 11) is -4.12. The molecule has 26 heavy (non-hydrogen) atoms. The van der Waals surface area contributed by atoms with Crippen LogP contribution in [0.1, 0.15) is 6.23 Å². The molecule has 4 atom stereocenters. The van der Waals surface area contributed by atoms with Gasteiger partial charge in [-0.2, -0.15) is 0 Å². The van der Waals surface area contributed by atoms with Crippen molar-refractivity contribution in [2.24, 2.45) is 5.73 Å². The lowest BCUT2D eigenvalue weighted by Crippen LogP contribution is -2.42. The second kappa shape index (κ2) is 6.73. The molecule has 0 saturated carbocycles. The van der Waals surface area contributed by atoms with Crippen LogP contribution >= 0.6 is 0 Å². The fourth-order valence-electron chi connectivity index (χ4n) is 2.63. The van der Waals surface area contributed by atoms with Crippen molar-refractivity contribution < 1.29 is 28.2 Å². The van der Waals surface area contributed by atoms with E-state index in [1.54, 1.807) is 4.72 Å². The molecule has 0 aliphatic carbocycles. The molecule has 2 aromatic rings. The zero-order chi connectivity index (χ0) is 19.1. The van der Waals surface area contributed by atoms with Crippen LogP contribution < -0.4 is 16.2 Å². The second-order valence-electron chi connectivity index (χ2n) is 5.64. The Balaban J connectivity index is 1.83. The number of imidazole rings is 1. The van der Waals surface area contributed by atoms with E-state index in [4.69, 9.17) is 16.2 Å². The van der Waals surface area contributed by atoms with E-state index in [9.17, 15) is 23.4 Å². The summed E-state index contributed by atoms with van der Waals surface area (Å²) >= 11 is 0. The molecular formula is C12H17N7O6S. The average molecular weight is 387 g/mol. The third kappa shape index (κ3) is 3.32. The van der Waals surface area contributed by atoms with Crippen molar-refractivity contribution in [2.45, 2.75) is 24.5 Å². The maximum atomic E-state index is 11.9. The molecule has 2 aromatic heterocycles. The smallest absolute Gasteiger partial charge is 0.247 e. The lowest BCUT2D eigenvalue weighted by Gasteiger charge is -2.16. The molecule has 0 spiro atoms. The normalized spacial score (nSPS) is 26.3. The van der Waals surface area contributed by atoms with Gasteiger partial charge in [0.15, 0.2) is 17.7 Å². The van der Waals surface area contributed by atoms with Crippen LogP contribution in [-0.2, 0) is 19.6 Å². The third-order valence-corrected chi connectivity index (χ3v) is 5.14. The van der Waals surface area contributed by atoms with Gasteiger partial charge >= 0.3 is 0 Å². The minimum absolute atomic E-state index is 0.116. The number of aliphatic hydroxyl groups excluding tert-OH is 2. The van der Waals surface area contributed by atoms with Crippen LogP contribution in [0.4, 0.5) is 5.82 Å². The predicted octanol–water partition coefficient (Wildman–Crippen LogP) is -3.57. The summed E-state index contributed by atoms with van der Waals surface area (Å²) in [4.78, 5) is 23.0. The molecule has 1 saturated heterocycles. The highest BCUT2D eigenvalue weighted by Crippen LogP contribution is 2.32. The van der Waals surface area contributed by atoms with Crippen LogP contribution in [0.25, 0.3) is 11.2 Å². The minimum Gasteiger partial charge on any atom is -0.387 e. The summed E-state index contributed by atoms with van der Waals surface area (Å²) in [5.74, 6) is -1.54. The topological polar surface area (TPSA) is 209 Å². The van der Waals surface area contributed by atoms with Gasteiger partial charge < -0.3 is 26.4 Å². The highest BCUT2D eigenvalue weighted by Gasteiger charge is 2.46. The van der Waals surface area contributed by atoms with Crippen LogP contribution in [0.15, 0.2) is 12.7 Å². The Kier molecular flexibility index (Phi) is 4.76. The maximum Gasteiger partial charge on any atom is 0.247 e. The number of rotatable bonds is 5. The zero-order valence-electron chi connectivity index (χ0n) is 13.3. The van der Waals surface area contributed by atoms with Crippen LogP contribution in [0.3, 0.4) is 0 Å². The molecule has 3 heterocycles. The average Bonchev–Trinajstić information content (AvgIpc) is 3.11. The lowest BCUT2D eigenvalue weighted by molar-refractivity contribution is -0.118. The van der Waals surface area contributed by atoms with Gasteiger partial charge in [0, 0.05) is 0 Å². The summed E-state index contributed by atoms with van der Waals surface area (Å²) in [5.41, 5.74) is 11.3.